The lowest BCUT2D eigenvalue weighted by Crippen LogP contribution is -2.48. The van der Waals surface area contributed by atoms with Gasteiger partial charge in [-0.15, -0.1) is 0 Å². The van der Waals surface area contributed by atoms with Crippen LogP contribution in [0.3, 0.4) is 0 Å². The quantitative estimate of drug-likeness (QED) is 0.669. The van der Waals surface area contributed by atoms with Gasteiger partial charge in [0.2, 0.25) is 0 Å². The van der Waals surface area contributed by atoms with Crippen molar-refractivity contribution in [3.8, 4) is 0 Å². The molecule has 5 nitrogen and oxygen atoms in total. The van der Waals surface area contributed by atoms with Crippen LogP contribution < -0.4 is 16.0 Å². The first-order chi connectivity index (χ1) is 11.6. The molecule has 24 heavy (non-hydrogen) atoms. The molecule has 3 aliphatic rings. The van der Waals surface area contributed by atoms with Crippen LogP contribution in [0.1, 0.15) is 11.5 Å². The lowest BCUT2D eigenvalue weighted by molar-refractivity contribution is -0.116. The Morgan fingerprint density at radius 2 is 1.54 bits per heavy atom. The minimum Gasteiger partial charge on any atom is -0.359 e. The predicted molar refractivity (Wildman–Crippen MR) is 89.8 cm³/mol. The van der Waals surface area contributed by atoms with E-state index >= 15 is 0 Å². The molecule has 0 unspecified atom stereocenters. The Hall–Kier alpha value is -1.83. The number of carbonyl (C=O) groups is 2. The SMILES string of the molecule is O=C1CNCC2=C1C(c1ccc(F)c(Br)c1)C1=C(CNCC1=O)N2. The third-order valence-corrected chi connectivity index (χ3v) is 5.19. The molecule has 0 bridgehead atoms. The molecule has 0 fully saturated rings. The Kier molecular flexibility index (Phi) is 3.86. The summed E-state index contributed by atoms with van der Waals surface area (Å²) in [6, 6.07) is 4.67. The summed E-state index contributed by atoms with van der Waals surface area (Å²) in [5, 5.41) is 9.38. The molecule has 7 heteroatoms. The largest absolute Gasteiger partial charge is 0.359 e. The van der Waals surface area contributed by atoms with Gasteiger partial charge in [-0.05, 0) is 33.6 Å². The number of Topliss-reactive ketones (excluding diaryl/α,β-unsaturated/α-hetero) is 2. The van der Waals surface area contributed by atoms with E-state index in [-0.39, 0.29) is 30.5 Å². The monoisotopic (exact) mass is 391 g/mol. The van der Waals surface area contributed by atoms with E-state index in [9.17, 15) is 14.0 Å². The van der Waals surface area contributed by atoms with Gasteiger partial charge in [0.1, 0.15) is 5.82 Å². The zero-order valence-corrected chi connectivity index (χ0v) is 14.3. The van der Waals surface area contributed by atoms with Gasteiger partial charge in [0.05, 0.1) is 17.6 Å². The Balaban J connectivity index is 1.92. The zero-order chi connectivity index (χ0) is 16.8. The first-order valence-corrected chi connectivity index (χ1v) is 8.51. The van der Waals surface area contributed by atoms with Crippen LogP contribution in [0.2, 0.25) is 0 Å². The molecular weight excluding hydrogens is 377 g/mol. The Morgan fingerprint density at radius 1 is 0.958 bits per heavy atom. The minimum absolute atomic E-state index is 0.0351. The van der Waals surface area contributed by atoms with Crippen LogP contribution in [0.15, 0.2) is 45.2 Å². The van der Waals surface area contributed by atoms with Gasteiger partial charge in [-0.2, -0.15) is 0 Å². The summed E-state index contributed by atoms with van der Waals surface area (Å²) in [5.74, 6) is -0.888. The molecule has 4 rings (SSSR count). The van der Waals surface area contributed by atoms with E-state index in [0.29, 0.717) is 28.7 Å². The van der Waals surface area contributed by atoms with Gasteiger partial charge in [0.15, 0.2) is 11.6 Å². The van der Waals surface area contributed by atoms with E-state index in [4.69, 9.17) is 0 Å². The number of hydrogen-bond donors (Lipinski definition) is 3. The van der Waals surface area contributed by atoms with E-state index in [2.05, 4.69) is 31.9 Å². The predicted octanol–water partition coefficient (Wildman–Crippen LogP) is 1.13. The number of ketones is 2. The normalized spacial score (nSPS) is 21.6. The molecule has 0 amide bonds. The summed E-state index contributed by atoms with van der Waals surface area (Å²) in [7, 11) is 0. The molecular formula is C17H15BrFN3O2. The first-order valence-electron chi connectivity index (χ1n) is 7.72. The second kappa shape index (κ2) is 5.91. The average Bonchev–Trinajstić information content (AvgIpc) is 2.56. The second-order valence-corrected chi connectivity index (χ2v) is 6.92. The van der Waals surface area contributed by atoms with E-state index < -0.39 is 5.92 Å². The lowest BCUT2D eigenvalue weighted by atomic mass is 9.75. The summed E-state index contributed by atoms with van der Waals surface area (Å²) in [5.41, 5.74) is 3.57. The van der Waals surface area contributed by atoms with Crippen LogP contribution in [-0.2, 0) is 9.59 Å². The minimum atomic E-state index is -0.447. The molecule has 3 aliphatic heterocycles. The van der Waals surface area contributed by atoms with Crippen molar-refractivity contribution in [1.29, 1.82) is 0 Å². The van der Waals surface area contributed by atoms with Crippen molar-refractivity contribution >= 4 is 27.5 Å². The molecule has 0 saturated heterocycles. The van der Waals surface area contributed by atoms with Crippen molar-refractivity contribution in [2.24, 2.45) is 0 Å². The fourth-order valence-electron chi connectivity index (χ4n) is 3.56. The number of rotatable bonds is 1. The van der Waals surface area contributed by atoms with E-state index in [1.807, 2.05) is 0 Å². The molecule has 0 aromatic heterocycles. The van der Waals surface area contributed by atoms with E-state index in [1.54, 1.807) is 12.1 Å². The van der Waals surface area contributed by atoms with Gasteiger partial charge in [-0.1, -0.05) is 6.07 Å². The zero-order valence-electron chi connectivity index (χ0n) is 12.7. The molecule has 0 atom stereocenters. The number of halogens is 2. The summed E-state index contributed by atoms with van der Waals surface area (Å²) in [4.78, 5) is 25.1. The summed E-state index contributed by atoms with van der Waals surface area (Å²) in [6.45, 7) is 1.58. The molecule has 1 aromatic rings. The van der Waals surface area contributed by atoms with Crippen LogP contribution in [0.5, 0.6) is 0 Å². The van der Waals surface area contributed by atoms with Gasteiger partial charge in [0, 0.05) is 41.5 Å². The van der Waals surface area contributed by atoms with Crippen LogP contribution in [0.4, 0.5) is 4.39 Å². The second-order valence-electron chi connectivity index (χ2n) is 6.07. The number of benzene rings is 1. The lowest BCUT2D eigenvalue weighted by Gasteiger charge is -2.37. The maximum absolute atomic E-state index is 13.6. The number of dihydropyridines is 1. The summed E-state index contributed by atoms with van der Waals surface area (Å²) >= 11 is 3.20. The van der Waals surface area contributed by atoms with E-state index in [0.717, 1.165) is 17.0 Å². The van der Waals surface area contributed by atoms with Gasteiger partial charge >= 0.3 is 0 Å². The molecule has 124 valence electrons. The van der Waals surface area contributed by atoms with Crippen molar-refractivity contribution in [2.45, 2.75) is 5.92 Å². The van der Waals surface area contributed by atoms with Crippen LogP contribution >= 0.6 is 15.9 Å². The molecule has 1 aromatic carbocycles. The Morgan fingerprint density at radius 3 is 2.08 bits per heavy atom. The average molecular weight is 392 g/mol. The highest BCUT2D eigenvalue weighted by Crippen LogP contribution is 2.41. The van der Waals surface area contributed by atoms with Crippen molar-refractivity contribution in [3.63, 3.8) is 0 Å². The number of carbonyl (C=O) groups excluding carboxylic acids is 2. The maximum Gasteiger partial charge on any atom is 0.175 e. The van der Waals surface area contributed by atoms with Crippen molar-refractivity contribution in [2.75, 3.05) is 26.2 Å². The van der Waals surface area contributed by atoms with Crippen molar-refractivity contribution in [3.05, 3.63) is 56.6 Å². The highest BCUT2D eigenvalue weighted by atomic mass is 79.9. The van der Waals surface area contributed by atoms with Crippen molar-refractivity contribution < 1.29 is 14.0 Å². The summed E-state index contributed by atoms with van der Waals surface area (Å²) in [6.07, 6.45) is 0. The molecule has 0 spiro atoms. The fourth-order valence-corrected chi connectivity index (χ4v) is 3.96. The maximum atomic E-state index is 13.6. The van der Waals surface area contributed by atoms with Gasteiger partial charge < -0.3 is 16.0 Å². The Bertz CT molecular complexity index is 789. The third-order valence-electron chi connectivity index (χ3n) is 4.58. The van der Waals surface area contributed by atoms with Gasteiger partial charge in [0.25, 0.3) is 0 Å². The van der Waals surface area contributed by atoms with E-state index in [1.165, 1.54) is 6.07 Å². The van der Waals surface area contributed by atoms with Crippen molar-refractivity contribution in [1.82, 2.24) is 16.0 Å². The van der Waals surface area contributed by atoms with Gasteiger partial charge in [-0.25, -0.2) is 4.39 Å². The van der Waals surface area contributed by atoms with Crippen LogP contribution in [-0.4, -0.2) is 37.7 Å². The Labute approximate surface area is 146 Å². The molecule has 0 saturated carbocycles. The molecule has 0 aliphatic carbocycles. The number of hydrogen-bond acceptors (Lipinski definition) is 5. The number of nitrogens with one attached hydrogen (secondary N) is 3. The molecule has 3 N–H and O–H groups in total. The topological polar surface area (TPSA) is 70.2 Å². The highest BCUT2D eigenvalue weighted by molar-refractivity contribution is 9.10. The molecule has 3 heterocycles. The molecule has 0 radical (unpaired) electrons. The highest BCUT2D eigenvalue weighted by Gasteiger charge is 2.40. The van der Waals surface area contributed by atoms with Crippen LogP contribution in [0, 0.1) is 5.82 Å². The van der Waals surface area contributed by atoms with Gasteiger partial charge in [-0.3, -0.25) is 9.59 Å². The van der Waals surface area contributed by atoms with Crippen LogP contribution in [0.25, 0.3) is 0 Å². The summed E-state index contributed by atoms with van der Waals surface area (Å²) < 4.78 is 14.0. The third kappa shape index (κ3) is 2.44. The fraction of sp³-hybridized carbons (Fsp3) is 0.294. The smallest absolute Gasteiger partial charge is 0.175 e. The first kappa shape index (κ1) is 15.7. The standard InChI is InChI=1S/C17H15BrFN3O2/c18-9-3-8(1-2-10(9)19)15-16-11(4-20-6-13(16)23)22-12-5-21-7-14(24)17(12)15/h1-3,15,20-22H,4-7H2.